The minimum Gasteiger partial charge on any atom is -0.480 e. The number of nitrogens with one attached hydrogen (secondary N) is 6. The minimum atomic E-state index is -1.17. The maximum absolute atomic E-state index is 13.6. The summed E-state index contributed by atoms with van der Waals surface area (Å²) in [6, 6.07) is 10.0. The summed E-state index contributed by atoms with van der Waals surface area (Å²) in [6.07, 6.45) is 2.96. The first-order valence-electron chi connectivity index (χ1n) is 23.5. The first kappa shape index (κ1) is 56.7. The van der Waals surface area contributed by atoms with Gasteiger partial charge in [-0.1, -0.05) is 104 Å². The number of nitrogens with two attached hydrogens (primary N) is 3. The van der Waals surface area contributed by atoms with Gasteiger partial charge < -0.3 is 54.2 Å². The Labute approximate surface area is 391 Å². The number of carbonyl (C=O) groups is 7. The number of benzene rings is 2. The molecule has 0 aromatic heterocycles. The van der Waals surface area contributed by atoms with E-state index in [0.717, 1.165) is 22.3 Å². The van der Waals surface area contributed by atoms with Crippen LogP contribution in [0.3, 0.4) is 0 Å². The Balaban J connectivity index is 2.12. The largest absolute Gasteiger partial charge is 0.480 e. The van der Waals surface area contributed by atoms with Crippen LogP contribution in [0.1, 0.15) is 111 Å². The number of amides is 6. The highest BCUT2D eigenvalue weighted by molar-refractivity contribution is 5.94. The summed E-state index contributed by atoms with van der Waals surface area (Å²) in [5.41, 5.74) is 21.1. The molecule has 368 valence electrons. The number of hydrogen-bond acceptors (Lipinski definition) is 10. The normalized spacial score (nSPS) is 14.2. The highest BCUT2D eigenvalue weighted by Crippen LogP contribution is 2.26. The summed E-state index contributed by atoms with van der Waals surface area (Å²) in [5, 5.41) is 26.4. The Morgan fingerprint density at radius 3 is 1.68 bits per heavy atom. The van der Waals surface area contributed by atoms with E-state index < -0.39 is 65.8 Å². The molecule has 0 spiro atoms. The topological polar surface area (TPSA) is 290 Å². The van der Waals surface area contributed by atoms with E-state index in [2.05, 4.69) is 31.9 Å². The molecule has 2 rings (SSSR count). The van der Waals surface area contributed by atoms with Crippen molar-refractivity contribution in [3.63, 3.8) is 0 Å². The van der Waals surface area contributed by atoms with Crippen molar-refractivity contribution in [2.75, 3.05) is 19.6 Å². The summed E-state index contributed by atoms with van der Waals surface area (Å²) in [4.78, 5) is 91.8. The molecule has 6 amide bonds. The van der Waals surface area contributed by atoms with Crippen molar-refractivity contribution in [1.29, 1.82) is 0 Å². The predicted molar refractivity (Wildman–Crippen MR) is 257 cm³/mol. The molecular formula is C49H79N9O8. The van der Waals surface area contributed by atoms with Crippen molar-refractivity contribution >= 4 is 41.4 Å². The molecule has 13 N–H and O–H groups in total. The Kier molecular flexibility index (Phi) is 25.2. The molecule has 0 aliphatic carbocycles. The molecule has 2 aromatic rings. The van der Waals surface area contributed by atoms with E-state index >= 15 is 0 Å². The molecule has 66 heavy (non-hydrogen) atoms. The third kappa shape index (κ3) is 20.0. The zero-order chi connectivity index (χ0) is 49.5. The van der Waals surface area contributed by atoms with Gasteiger partial charge in [-0.3, -0.25) is 28.8 Å². The number of rotatable bonds is 30. The third-order valence-electron chi connectivity index (χ3n) is 11.2. The van der Waals surface area contributed by atoms with Crippen LogP contribution in [0, 0.1) is 23.7 Å². The molecule has 0 saturated carbocycles. The summed E-state index contributed by atoms with van der Waals surface area (Å²) < 4.78 is 0. The van der Waals surface area contributed by atoms with Gasteiger partial charge in [-0.15, -0.1) is 0 Å². The summed E-state index contributed by atoms with van der Waals surface area (Å²) in [7, 11) is 0. The molecule has 6 atom stereocenters. The van der Waals surface area contributed by atoms with E-state index in [-0.39, 0.29) is 61.3 Å². The average Bonchev–Trinajstić information content (AvgIpc) is 3.26. The molecule has 0 aliphatic rings. The van der Waals surface area contributed by atoms with E-state index in [1.165, 1.54) is 0 Å². The average molecular weight is 922 g/mol. The van der Waals surface area contributed by atoms with E-state index in [9.17, 15) is 38.7 Å². The first-order valence-corrected chi connectivity index (χ1v) is 23.5. The lowest BCUT2D eigenvalue weighted by atomic mass is 9.94. The van der Waals surface area contributed by atoms with Crippen LogP contribution < -0.4 is 49.1 Å². The Bertz CT molecular complexity index is 1890. The van der Waals surface area contributed by atoms with Crippen molar-refractivity contribution in [2.45, 2.75) is 149 Å². The zero-order valence-corrected chi connectivity index (χ0v) is 40.4. The maximum Gasteiger partial charge on any atom is 0.326 e. The lowest BCUT2D eigenvalue weighted by Crippen LogP contribution is -2.57. The van der Waals surface area contributed by atoms with Crippen LogP contribution in [0.5, 0.6) is 0 Å². The smallest absolute Gasteiger partial charge is 0.326 e. The van der Waals surface area contributed by atoms with Crippen LogP contribution in [0.2, 0.25) is 0 Å². The fourth-order valence-electron chi connectivity index (χ4n) is 7.35. The maximum atomic E-state index is 13.6. The van der Waals surface area contributed by atoms with Gasteiger partial charge in [-0.25, -0.2) is 4.79 Å². The van der Waals surface area contributed by atoms with Crippen molar-refractivity contribution in [2.24, 2.45) is 40.9 Å². The van der Waals surface area contributed by atoms with Crippen molar-refractivity contribution in [3.05, 3.63) is 59.7 Å². The van der Waals surface area contributed by atoms with Crippen LogP contribution in [-0.2, 0) is 46.4 Å². The van der Waals surface area contributed by atoms with Crippen LogP contribution in [-0.4, -0.2) is 102 Å². The Hall–Kier alpha value is -5.39. The van der Waals surface area contributed by atoms with Crippen LogP contribution in [0.4, 0.5) is 0 Å². The SMILES string of the molecule is CC(C)C[C@H](NC(=O)[C@H](CCCN)NC(=O)[C@@H](NC(=O)CCc1ccccc1-c1cccc(CCNC(=O)[C@H](CC(C)C)NC(=O)[C@H](CCCN)NC(=O)[C@@H](N)C(C)C)c1)C(C)C)C(=O)O. The second-order valence-electron chi connectivity index (χ2n) is 18.7. The van der Waals surface area contributed by atoms with Gasteiger partial charge in [0.1, 0.15) is 30.2 Å². The number of carbonyl (C=O) groups excluding carboxylic acids is 6. The summed E-state index contributed by atoms with van der Waals surface area (Å²) >= 11 is 0. The molecule has 0 heterocycles. The molecule has 0 bridgehead atoms. The van der Waals surface area contributed by atoms with Gasteiger partial charge in [-0.2, -0.15) is 0 Å². The van der Waals surface area contributed by atoms with Crippen LogP contribution >= 0.6 is 0 Å². The number of aliphatic carboxylic acids is 1. The monoisotopic (exact) mass is 922 g/mol. The van der Waals surface area contributed by atoms with Gasteiger partial charge in [0.15, 0.2) is 0 Å². The first-order chi connectivity index (χ1) is 31.2. The van der Waals surface area contributed by atoms with Gasteiger partial charge in [0.25, 0.3) is 0 Å². The zero-order valence-electron chi connectivity index (χ0n) is 40.4. The fraction of sp³-hybridized carbons (Fsp3) is 0.612. The number of aryl methyl sites for hydroxylation is 1. The Morgan fingerprint density at radius 2 is 1.14 bits per heavy atom. The second kappa shape index (κ2) is 29.3. The molecule has 0 aliphatic heterocycles. The summed E-state index contributed by atoms with van der Waals surface area (Å²) in [6.45, 7) is 15.7. The minimum absolute atomic E-state index is 0.0105. The number of hydrogen-bond donors (Lipinski definition) is 10. The van der Waals surface area contributed by atoms with E-state index in [4.69, 9.17) is 17.2 Å². The standard InChI is InChI=1S/C49H79N9O8/c1-29(2)26-39(56-45(61)37(18-12-23-50)54-47(63)42(52)31(5)6)44(60)53-25-22-33-14-11-16-35(28-33)36-17-10-9-15-34(36)20-21-41(59)58-43(32(7)8)48(64)55-38(19-13-24-51)46(62)57-40(49(65)66)27-30(3)4/h9-11,14-17,28-32,37-40,42-43H,12-13,18-27,50-52H2,1-8H3,(H,53,60)(H,54,63)(H,55,64)(H,56,61)(H,57,62)(H,58,59)(H,65,66)/t37-,38-,39-,40-,42-,43-/m0/s1. The fourth-order valence-corrected chi connectivity index (χ4v) is 7.35. The molecule has 0 unspecified atom stereocenters. The lowest BCUT2D eigenvalue weighted by molar-refractivity contribution is -0.143. The summed E-state index contributed by atoms with van der Waals surface area (Å²) in [5.74, 6) is -4.30. The van der Waals surface area contributed by atoms with Gasteiger partial charge >= 0.3 is 5.97 Å². The molecule has 0 radical (unpaired) electrons. The molecule has 17 nitrogen and oxygen atoms in total. The van der Waals surface area contributed by atoms with Crippen molar-refractivity contribution < 1.29 is 38.7 Å². The molecule has 0 fully saturated rings. The number of carboxylic acids is 1. The molecule has 17 heteroatoms. The van der Waals surface area contributed by atoms with Crippen LogP contribution in [0.25, 0.3) is 11.1 Å². The Morgan fingerprint density at radius 1 is 0.591 bits per heavy atom. The van der Waals surface area contributed by atoms with Gasteiger partial charge in [0.2, 0.25) is 35.4 Å². The number of carboxylic acid groups (broad SMARTS) is 1. The quantitative estimate of drug-likeness (QED) is 0.0544. The molecule has 0 saturated heterocycles. The van der Waals surface area contributed by atoms with E-state index in [1.807, 2.05) is 90.1 Å². The second-order valence-corrected chi connectivity index (χ2v) is 18.7. The molecular weight excluding hydrogens is 843 g/mol. The highest BCUT2D eigenvalue weighted by Gasteiger charge is 2.32. The van der Waals surface area contributed by atoms with Gasteiger partial charge in [0, 0.05) is 13.0 Å². The van der Waals surface area contributed by atoms with Crippen LogP contribution in [0.15, 0.2) is 48.5 Å². The predicted octanol–water partition coefficient (Wildman–Crippen LogP) is 2.66. The van der Waals surface area contributed by atoms with E-state index in [1.54, 1.807) is 13.8 Å². The lowest BCUT2D eigenvalue weighted by Gasteiger charge is -2.26. The van der Waals surface area contributed by atoms with Crippen molar-refractivity contribution in [1.82, 2.24) is 31.9 Å². The van der Waals surface area contributed by atoms with Gasteiger partial charge in [0.05, 0.1) is 6.04 Å². The molecule has 2 aromatic carbocycles. The third-order valence-corrected chi connectivity index (χ3v) is 11.2. The van der Waals surface area contributed by atoms with Crippen molar-refractivity contribution in [3.8, 4) is 11.1 Å². The highest BCUT2D eigenvalue weighted by atomic mass is 16.4. The van der Waals surface area contributed by atoms with E-state index in [0.29, 0.717) is 51.6 Å². The van der Waals surface area contributed by atoms with Gasteiger partial charge in [-0.05, 0) is 110 Å².